The number of aromatic nitrogens is 1. The van der Waals surface area contributed by atoms with Crippen molar-refractivity contribution in [3.05, 3.63) is 44.5 Å². The Balaban J connectivity index is 1.67. The third kappa shape index (κ3) is 5.54. The van der Waals surface area contributed by atoms with E-state index in [1.165, 1.54) is 21.7 Å². The van der Waals surface area contributed by atoms with Gasteiger partial charge in [-0.05, 0) is 62.9 Å². The zero-order valence-electron chi connectivity index (χ0n) is 19.6. The van der Waals surface area contributed by atoms with E-state index >= 15 is 0 Å². The van der Waals surface area contributed by atoms with Gasteiger partial charge >= 0.3 is 5.97 Å². The first-order valence-corrected chi connectivity index (χ1v) is 14.7. The van der Waals surface area contributed by atoms with Crippen molar-refractivity contribution in [2.24, 2.45) is 10.9 Å². The largest absolute Gasteiger partial charge is 0.465 e. The van der Waals surface area contributed by atoms with Crippen LogP contribution in [0.25, 0.3) is 10.2 Å². The molecule has 188 valence electrons. The molecule has 0 bridgehead atoms. The lowest BCUT2D eigenvalue weighted by atomic mass is 9.99. The molecule has 1 amide bonds. The van der Waals surface area contributed by atoms with Crippen LogP contribution in [0.4, 0.5) is 0 Å². The molecule has 1 unspecified atom stereocenters. The molecule has 8 nitrogen and oxygen atoms in total. The summed E-state index contributed by atoms with van der Waals surface area (Å²) in [6, 6.07) is 7.04. The number of sulfonamides is 1. The predicted octanol–water partition coefficient (Wildman–Crippen LogP) is 4.13. The van der Waals surface area contributed by atoms with E-state index in [4.69, 9.17) is 16.3 Å². The fourth-order valence-electron chi connectivity index (χ4n) is 4.20. The third-order valence-electron chi connectivity index (χ3n) is 5.79. The number of hydrogen-bond acceptors (Lipinski definition) is 7. The first-order chi connectivity index (χ1) is 16.6. The smallest absolute Gasteiger partial charge is 0.326 e. The summed E-state index contributed by atoms with van der Waals surface area (Å²) in [4.78, 5) is 30.3. The number of thiophene rings is 1. The number of amides is 1. The van der Waals surface area contributed by atoms with Crippen molar-refractivity contribution in [3.63, 3.8) is 0 Å². The minimum Gasteiger partial charge on any atom is -0.465 e. The van der Waals surface area contributed by atoms with Crippen molar-refractivity contribution in [2.75, 3.05) is 19.7 Å². The first kappa shape index (κ1) is 26.0. The standard InChI is InChI=1S/C23H26ClN3O5S3/c1-4-32-19(28)13-27-17-11-14(2)10-15(3)21(17)34-23(27)25-22(29)16-6-5-9-26(12-16)35(30,31)20-8-7-18(24)33-20/h7-8,10-11,16H,4-6,9,12-13H2,1-3H3. The topological polar surface area (TPSA) is 98.0 Å². The van der Waals surface area contributed by atoms with Crippen LogP contribution in [-0.2, 0) is 30.9 Å². The van der Waals surface area contributed by atoms with Gasteiger partial charge in [-0.25, -0.2) is 8.42 Å². The Morgan fingerprint density at radius 1 is 1.23 bits per heavy atom. The Morgan fingerprint density at radius 2 is 2.00 bits per heavy atom. The van der Waals surface area contributed by atoms with Crippen LogP contribution < -0.4 is 4.80 Å². The predicted molar refractivity (Wildman–Crippen MR) is 137 cm³/mol. The van der Waals surface area contributed by atoms with Gasteiger partial charge in [-0.2, -0.15) is 9.30 Å². The molecule has 3 heterocycles. The van der Waals surface area contributed by atoms with Gasteiger partial charge in [0, 0.05) is 13.1 Å². The van der Waals surface area contributed by atoms with E-state index in [-0.39, 0.29) is 23.9 Å². The first-order valence-electron chi connectivity index (χ1n) is 11.2. The second-order valence-corrected chi connectivity index (χ2v) is 13.3. The molecule has 1 saturated heterocycles. The van der Waals surface area contributed by atoms with Crippen LogP contribution >= 0.6 is 34.3 Å². The van der Waals surface area contributed by atoms with Crippen molar-refractivity contribution < 1.29 is 22.7 Å². The van der Waals surface area contributed by atoms with E-state index in [0.717, 1.165) is 32.7 Å². The van der Waals surface area contributed by atoms with Gasteiger partial charge in [0.25, 0.3) is 15.9 Å². The Hall–Kier alpha value is -2.05. The molecule has 4 rings (SSSR count). The highest BCUT2D eigenvalue weighted by Crippen LogP contribution is 2.31. The number of esters is 1. The minimum atomic E-state index is -3.73. The molecule has 12 heteroatoms. The van der Waals surface area contributed by atoms with E-state index in [1.807, 2.05) is 26.0 Å². The number of fused-ring (bicyclic) bond motifs is 1. The number of thiazole rings is 1. The number of nitrogens with zero attached hydrogens (tertiary/aromatic N) is 3. The summed E-state index contributed by atoms with van der Waals surface area (Å²) in [6.45, 7) is 6.28. The summed E-state index contributed by atoms with van der Waals surface area (Å²) >= 11 is 8.27. The molecular formula is C23H26ClN3O5S3. The van der Waals surface area contributed by atoms with E-state index in [0.29, 0.717) is 28.5 Å². The summed E-state index contributed by atoms with van der Waals surface area (Å²) < 4.78 is 35.7. The molecular weight excluding hydrogens is 530 g/mol. The molecule has 0 saturated carbocycles. The quantitative estimate of drug-likeness (QED) is 0.426. The van der Waals surface area contributed by atoms with Crippen molar-refractivity contribution in [2.45, 2.75) is 44.4 Å². The van der Waals surface area contributed by atoms with Gasteiger partial charge in [0.2, 0.25) is 0 Å². The molecule has 1 aliphatic heterocycles. The van der Waals surface area contributed by atoms with Gasteiger partial charge < -0.3 is 9.30 Å². The van der Waals surface area contributed by atoms with Crippen molar-refractivity contribution in [1.82, 2.24) is 8.87 Å². The number of rotatable bonds is 6. The molecule has 0 spiro atoms. The summed E-state index contributed by atoms with van der Waals surface area (Å²) in [6.07, 6.45) is 1.10. The fraction of sp³-hybridized carbons (Fsp3) is 0.435. The number of piperidine rings is 1. The van der Waals surface area contributed by atoms with E-state index in [2.05, 4.69) is 4.99 Å². The van der Waals surface area contributed by atoms with Gasteiger partial charge in [0.1, 0.15) is 10.8 Å². The summed E-state index contributed by atoms with van der Waals surface area (Å²) in [5.41, 5.74) is 2.88. The Bertz CT molecular complexity index is 1450. The van der Waals surface area contributed by atoms with Gasteiger partial charge in [-0.3, -0.25) is 9.59 Å². The summed E-state index contributed by atoms with van der Waals surface area (Å²) in [7, 11) is -3.73. The highest BCUT2D eigenvalue weighted by atomic mass is 35.5. The number of ether oxygens (including phenoxy) is 1. The van der Waals surface area contributed by atoms with E-state index in [9.17, 15) is 18.0 Å². The maximum atomic E-state index is 13.2. The highest BCUT2D eigenvalue weighted by molar-refractivity contribution is 7.91. The second-order valence-electron chi connectivity index (χ2n) is 8.42. The molecule has 2 aromatic heterocycles. The number of aryl methyl sites for hydroxylation is 2. The number of benzene rings is 1. The van der Waals surface area contributed by atoms with Crippen molar-refractivity contribution >= 4 is 66.4 Å². The zero-order chi connectivity index (χ0) is 25.3. The van der Waals surface area contributed by atoms with Crippen LogP contribution in [0.15, 0.2) is 33.5 Å². The lowest BCUT2D eigenvalue weighted by molar-refractivity contribution is -0.143. The van der Waals surface area contributed by atoms with E-state index in [1.54, 1.807) is 17.6 Å². The third-order valence-corrected chi connectivity index (χ3v) is 10.6. The summed E-state index contributed by atoms with van der Waals surface area (Å²) in [5.74, 6) is -1.38. The van der Waals surface area contributed by atoms with Crippen LogP contribution in [0.1, 0.15) is 30.9 Å². The molecule has 0 N–H and O–H groups in total. The van der Waals surface area contributed by atoms with E-state index < -0.39 is 27.8 Å². The number of carbonyl (C=O) groups excluding carboxylic acids is 2. The van der Waals surface area contributed by atoms with Crippen molar-refractivity contribution in [1.29, 1.82) is 0 Å². The minimum absolute atomic E-state index is 0.0566. The Kier molecular flexibility index (Phi) is 7.82. The van der Waals surface area contributed by atoms with Crippen molar-refractivity contribution in [3.8, 4) is 0 Å². The molecule has 3 aromatic rings. The molecule has 1 fully saturated rings. The monoisotopic (exact) mass is 555 g/mol. The molecule has 35 heavy (non-hydrogen) atoms. The van der Waals surface area contributed by atoms with Crippen LogP contribution in [0.3, 0.4) is 0 Å². The Labute approximate surface area is 216 Å². The van der Waals surface area contributed by atoms with Gasteiger partial charge in [0.15, 0.2) is 4.80 Å². The SMILES string of the molecule is CCOC(=O)Cn1c(=NC(=O)C2CCCN(S(=O)(=O)c3ccc(Cl)s3)C2)sc2c(C)cc(C)cc21. The summed E-state index contributed by atoms with van der Waals surface area (Å²) in [5, 5.41) is 0. The van der Waals surface area contributed by atoms with Crippen LogP contribution in [0.5, 0.6) is 0 Å². The maximum Gasteiger partial charge on any atom is 0.326 e. The van der Waals surface area contributed by atoms with Gasteiger partial charge in [-0.15, -0.1) is 11.3 Å². The maximum absolute atomic E-state index is 13.2. The lowest BCUT2D eigenvalue weighted by Gasteiger charge is -2.29. The van der Waals surface area contributed by atoms with Crippen LogP contribution in [0, 0.1) is 19.8 Å². The normalized spacial score (nSPS) is 17.7. The number of hydrogen-bond donors (Lipinski definition) is 0. The van der Waals surface area contributed by atoms with Crippen LogP contribution in [-0.4, -0.2) is 48.9 Å². The fourth-order valence-corrected chi connectivity index (χ4v) is 8.44. The number of halogens is 1. The van der Waals surface area contributed by atoms with Gasteiger partial charge in [-0.1, -0.05) is 29.0 Å². The molecule has 0 aliphatic carbocycles. The molecule has 1 aliphatic rings. The average Bonchev–Trinajstić information content (AvgIpc) is 3.39. The van der Waals surface area contributed by atoms with Crippen LogP contribution in [0.2, 0.25) is 4.34 Å². The molecule has 0 radical (unpaired) electrons. The molecule has 1 atom stereocenters. The average molecular weight is 556 g/mol. The van der Waals surface area contributed by atoms with Gasteiger partial charge in [0.05, 0.1) is 27.1 Å². The zero-order valence-corrected chi connectivity index (χ0v) is 22.8. The molecule has 1 aromatic carbocycles. The highest BCUT2D eigenvalue weighted by Gasteiger charge is 2.34. The second kappa shape index (κ2) is 10.5. The Morgan fingerprint density at radius 3 is 2.69 bits per heavy atom. The number of carbonyl (C=O) groups is 2. The lowest BCUT2D eigenvalue weighted by Crippen LogP contribution is -2.42.